The first kappa shape index (κ1) is 23.7. The van der Waals surface area contributed by atoms with Crippen molar-refractivity contribution >= 4 is 35.7 Å². The van der Waals surface area contributed by atoms with Crippen LogP contribution in [0.5, 0.6) is 0 Å². The summed E-state index contributed by atoms with van der Waals surface area (Å²) in [5, 5.41) is 14.0. The third kappa shape index (κ3) is 5.45. The fourth-order valence-electron chi connectivity index (χ4n) is 4.28. The molecule has 0 spiro atoms. The molecule has 1 saturated carbocycles. The highest BCUT2D eigenvalue weighted by Crippen LogP contribution is 2.33. The predicted octanol–water partition coefficient (Wildman–Crippen LogP) is 1.01. The molecular formula is C21H32N6O5. The smallest absolute Gasteiger partial charge is 0.302 e. The van der Waals surface area contributed by atoms with E-state index in [0.717, 1.165) is 25.7 Å². The first-order valence-corrected chi connectivity index (χ1v) is 10.9. The van der Waals surface area contributed by atoms with Gasteiger partial charge in [0.1, 0.15) is 12.2 Å². The molecule has 2 aliphatic rings. The van der Waals surface area contributed by atoms with Crippen LogP contribution in [0.2, 0.25) is 0 Å². The molecule has 1 aromatic rings. The summed E-state index contributed by atoms with van der Waals surface area (Å²) in [6.45, 7) is 2.96. The Bertz CT molecular complexity index is 924. The second-order valence-corrected chi connectivity index (χ2v) is 8.67. The van der Waals surface area contributed by atoms with Crippen molar-refractivity contribution in [3.63, 3.8) is 0 Å². The van der Waals surface area contributed by atoms with Gasteiger partial charge in [-0.3, -0.25) is 24.3 Å². The van der Waals surface area contributed by atoms with Gasteiger partial charge >= 0.3 is 5.97 Å². The molecule has 176 valence electrons. The number of nitrogens with zero attached hydrogens (tertiary/aromatic N) is 4. The van der Waals surface area contributed by atoms with Gasteiger partial charge in [-0.25, -0.2) is 4.99 Å². The number of carbonyl (C=O) groups excluding carboxylic acids is 2. The Morgan fingerprint density at radius 3 is 2.69 bits per heavy atom. The summed E-state index contributed by atoms with van der Waals surface area (Å²) in [6, 6.07) is -0.801. The van der Waals surface area contributed by atoms with Gasteiger partial charge in [0.25, 0.3) is 5.56 Å². The molecule has 0 bridgehead atoms. The van der Waals surface area contributed by atoms with Crippen molar-refractivity contribution in [1.82, 2.24) is 14.9 Å². The Morgan fingerprint density at radius 1 is 1.38 bits per heavy atom. The van der Waals surface area contributed by atoms with Gasteiger partial charge in [0, 0.05) is 34.0 Å². The topological polar surface area (TPSA) is 140 Å². The van der Waals surface area contributed by atoms with E-state index in [2.05, 4.69) is 20.3 Å². The van der Waals surface area contributed by atoms with Gasteiger partial charge in [0.2, 0.25) is 11.9 Å². The molecular weight excluding hydrogens is 416 g/mol. The van der Waals surface area contributed by atoms with Gasteiger partial charge in [0.05, 0.1) is 12.4 Å². The fraction of sp³-hybridized carbons (Fsp3) is 0.667. The Kier molecular flexibility index (Phi) is 7.49. The molecule has 1 aliphatic heterocycles. The zero-order chi connectivity index (χ0) is 23.4. The SMILES string of the molecule is CC(=O)O[C@@H](C)[C@H](O)C1CNc2nc(/N=C/N(C)C)[nH]c(=O)c2N1C(=O)CC1CCCC1. The summed E-state index contributed by atoms with van der Waals surface area (Å²) in [5.41, 5.74) is -0.493. The lowest BCUT2D eigenvalue weighted by atomic mass is 9.98. The third-order valence-electron chi connectivity index (χ3n) is 5.78. The van der Waals surface area contributed by atoms with E-state index in [1.54, 1.807) is 25.9 Å². The van der Waals surface area contributed by atoms with E-state index in [1.807, 2.05) is 0 Å². The number of hydrogen-bond donors (Lipinski definition) is 3. The van der Waals surface area contributed by atoms with Crippen LogP contribution in [-0.2, 0) is 14.3 Å². The zero-order valence-electron chi connectivity index (χ0n) is 19.0. The molecule has 0 radical (unpaired) electrons. The summed E-state index contributed by atoms with van der Waals surface area (Å²) in [6.07, 6.45) is 3.83. The van der Waals surface area contributed by atoms with Crippen LogP contribution in [-0.4, -0.2) is 77.1 Å². The molecule has 11 nitrogen and oxygen atoms in total. The Balaban J connectivity index is 1.97. The number of aliphatic hydroxyl groups excluding tert-OH is 1. The number of ether oxygens (including phenoxy) is 1. The van der Waals surface area contributed by atoms with Gasteiger partial charge in [-0.05, 0) is 25.7 Å². The largest absolute Gasteiger partial charge is 0.460 e. The number of rotatable bonds is 7. The van der Waals surface area contributed by atoms with Crippen molar-refractivity contribution in [2.45, 2.75) is 64.2 Å². The maximum Gasteiger partial charge on any atom is 0.302 e. The number of aliphatic hydroxyl groups is 1. The second kappa shape index (κ2) is 10.1. The van der Waals surface area contributed by atoms with Crippen LogP contribution < -0.4 is 15.8 Å². The summed E-state index contributed by atoms with van der Waals surface area (Å²) in [5.74, 6) is -0.211. The number of anilines is 2. The number of hydrogen-bond acceptors (Lipinski definition) is 8. The van der Waals surface area contributed by atoms with E-state index in [1.165, 1.54) is 18.2 Å². The van der Waals surface area contributed by atoms with Crippen LogP contribution in [0.3, 0.4) is 0 Å². The van der Waals surface area contributed by atoms with Gasteiger partial charge in [-0.1, -0.05) is 12.8 Å². The number of aromatic nitrogens is 2. The van der Waals surface area contributed by atoms with Crippen LogP contribution in [0.25, 0.3) is 0 Å². The molecule has 3 N–H and O–H groups in total. The number of carbonyl (C=O) groups is 2. The highest BCUT2D eigenvalue weighted by atomic mass is 16.6. The highest BCUT2D eigenvalue weighted by molar-refractivity contribution is 5.97. The van der Waals surface area contributed by atoms with E-state index in [-0.39, 0.29) is 42.2 Å². The van der Waals surface area contributed by atoms with E-state index < -0.39 is 29.8 Å². The predicted molar refractivity (Wildman–Crippen MR) is 120 cm³/mol. The number of esters is 1. The van der Waals surface area contributed by atoms with Gasteiger partial charge in [-0.2, -0.15) is 4.98 Å². The summed E-state index contributed by atoms with van der Waals surface area (Å²) in [4.78, 5) is 51.9. The molecule has 1 unspecified atom stereocenters. The van der Waals surface area contributed by atoms with Crippen LogP contribution in [0, 0.1) is 5.92 Å². The lowest BCUT2D eigenvalue weighted by Gasteiger charge is -2.40. The monoisotopic (exact) mass is 448 g/mol. The number of nitrogens with one attached hydrogen (secondary N) is 2. The summed E-state index contributed by atoms with van der Waals surface area (Å²) >= 11 is 0. The van der Waals surface area contributed by atoms with Crippen molar-refractivity contribution < 1.29 is 19.4 Å². The molecule has 0 saturated heterocycles. The molecule has 1 amide bonds. The maximum atomic E-state index is 13.4. The lowest BCUT2D eigenvalue weighted by Crippen LogP contribution is -2.58. The molecule has 1 aromatic heterocycles. The van der Waals surface area contributed by atoms with Crippen LogP contribution in [0.4, 0.5) is 17.5 Å². The van der Waals surface area contributed by atoms with Crippen LogP contribution in [0.1, 0.15) is 46.0 Å². The molecule has 1 fully saturated rings. The maximum absolute atomic E-state index is 13.4. The average molecular weight is 449 g/mol. The first-order chi connectivity index (χ1) is 15.2. The van der Waals surface area contributed by atoms with E-state index >= 15 is 0 Å². The standard InChI is InChI=1S/C21H32N6O5/c1-12(32-13(2)28)18(30)15-10-22-19-17(20(31)25-21(24-19)23-11-26(3)4)27(15)16(29)9-14-7-5-6-8-14/h11-12,14-15,18,30H,5-10H2,1-4H3,(H2,22,24,25,31)/b23-11+/t12-,15?,18-/m0/s1. The van der Waals surface area contributed by atoms with E-state index in [0.29, 0.717) is 0 Å². The number of amides is 1. The Morgan fingerprint density at radius 2 is 2.06 bits per heavy atom. The van der Waals surface area contributed by atoms with Crippen molar-refractivity contribution in [3.05, 3.63) is 10.4 Å². The Hall–Kier alpha value is -2.95. The van der Waals surface area contributed by atoms with Gasteiger partial charge in [0.15, 0.2) is 11.5 Å². The normalized spacial score (nSPS) is 20.5. The fourth-order valence-corrected chi connectivity index (χ4v) is 4.28. The molecule has 0 aromatic carbocycles. The minimum absolute atomic E-state index is 0.0436. The molecule has 11 heteroatoms. The van der Waals surface area contributed by atoms with Crippen molar-refractivity contribution in [3.8, 4) is 0 Å². The first-order valence-electron chi connectivity index (χ1n) is 10.9. The molecule has 32 heavy (non-hydrogen) atoms. The number of aliphatic imine (C=N–C) groups is 1. The summed E-state index contributed by atoms with van der Waals surface area (Å²) in [7, 11) is 3.58. The second-order valence-electron chi connectivity index (χ2n) is 8.67. The molecule has 1 aliphatic carbocycles. The molecule has 3 rings (SSSR count). The van der Waals surface area contributed by atoms with E-state index in [9.17, 15) is 19.5 Å². The number of fused-ring (bicyclic) bond motifs is 1. The van der Waals surface area contributed by atoms with Gasteiger partial charge in [-0.15, -0.1) is 0 Å². The Labute approximate surface area is 186 Å². The number of aromatic amines is 1. The van der Waals surface area contributed by atoms with E-state index in [4.69, 9.17) is 4.74 Å². The highest BCUT2D eigenvalue weighted by Gasteiger charge is 2.41. The molecule has 2 heterocycles. The van der Waals surface area contributed by atoms with Crippen LogP contribution in [0.15, 0.2) is 9.79 Å². The van der Waals surface area contributed by atoms with Crippen molar-refractivity contribution in [2.24, 2.45) is 10.9 Å². The van der Waals surface area contributed by atoms with Crippen LogP contribution >= 0.6 is 0 Å². The quantitative estimate of drug-likeness (QED) is 0.319. The minimum atomic E-state index is -1.20. The van der Waals surface area contributed by atoms with Crippen molar-refractivity contribution in [1.29, 1.82) is 0 Å². The zero-order valence-corrected chi connectivity index (χ0v) is 19.0. The number of H-pyrrole nitrogens is 1. The minimum Gasteiger partial charge on any atom is -0.460 e. The van der Waals surface area contributed by atoms with Gasteiger partial charge < -0.3 is 20.1 Å². The van der Waals surface area contributed by atoms with Crippen molar-refractivity contribution in [2.75, 3.05) is 30.9 Å². The lowest BCUT2D eigenvalue weighted by molar-refractivity contribution is -0.151. The molecule has 3 atom stereocenters. The average Bonchev–Trinajstić information content (AvgIpc) is 3.23. The summed E-state index contributed by atoms with van der Waals surface area (Å²) < 4.78 is 5.14. The third-order valence-corrected chi connectivity index (χ3v) is 5.78.